The monoisotopic (exact) mass is 294 g/mol. The summed E-state index contributed by atoms with van der Waals surface area (Å²) in [6, 6.07) is 0. The molecule has 1 aromatic rings. The van der Waals surface area contributed by atoms with Crippen LogP contribution in [0.4, 0.5) is 11.5 Å². The van der Waals surface area contributed by atoms with Gasteiger partial charge in [-0.15, -0.1) is 0 Å². The van der Waals surface area contributed by atoms with Gasteiger partial charge >= 0.3 is 5.69 Å². The molecular formula is C14H22N4O3. The maximum Gasteiger partial charge on any atom is 0.372 e. The summed E-state index contributed by atoms with van der Waals surface area (Å²) in [4.78, 5) is 18.8. The van der Waals surface area contributed by atoms with Crippen LogP contribution < -0.4 is 10.1 Å². The van der Waals surface area contributed by atoms with E-state index in [0.717, 1.165) is 25.7 Å². The number of hydrogen-bond donors (Lipinski definition) is 1. The van der Waals surface area contributed by atoms with Crippen LogP contribution in [-0.4, -0.2) is 27.5 Å². The summed E-state index contributed by atoms with van der Waals surface area (Å²) in [6.07, 6.45) is 6.67. The molecular weight excluding hydrogens is 272 g/mol. The SMILES string of the molecule is CCNc1ncnc(OC2CCCCC2CC)c1[N+](=O)[O-]. The molecule has 2 unspecified atom stereocenters. The quantitative estimate of drug-likeness (QED) is 0.640. The molecule has 0 aliphatic heterocycles. The zero-order chi connectivity index (χ0) is 15.2. The summed E-state index contributed by atoms with van der Waals surface area (Å²) in [5, 5.41) is 14.2. The molecule has 7 heteroatoms. The number of hydrogen-bond acceptors (Lipinski definition) is 6. The minimum atomic E-state index is -0.475. The van der Waals surface area contributed by atoms with Crippen molar-refractivity contribution in [3.8, 4) is 5.88 Å². The molecule has 2 rings (SSSR count). The Balaban J connectivity index is 2.26. The first-order valence-corrected chi connectivity index (χ1v) is 7.57. The molecule has 1 aromatic heterocycles. The Morgan fingerprint density at radius 1 is 1.38 bits per heavy atom. The highest BCUT2D eigenvalue weighted by atomic mass is 16.6. The van der Waals surface area contributed by atoms with E-state index in [2.05, 4.69) is 22.2 Å². The minimum absolute atomic E-state index is 0.00632. The molecule has 0 bridgehead atoms. The van der Waals surface area contributed by atoms with Crippen molar-refractivity contribution in [2.75, 3.05) is 11.9 Å². The van der Waals surface area contributed by atoms with Crippen molar-refractivity contribution < 1.29 is 9.66 Å². The third kappa shape index (κ3) is 3.59. The van der Waals surface area contributed by atoms with Gasteiger partial charge in [-0.1, -0.05) is 13.3 Å². The van der Waals surface area contributed by atoms with Gasteiger partial charge in [-0.3, -0.25) is 10.1 Å². The maximum atomic E-state index is 11.3. The van der Waals surface area contributed by atoms with Gasteiger partial charge < -0.3 is 10.1 Å². The van der Waals surface area contributed by atoms with Crippen LogP contribution in [0.3, 0.4) is 0 Å². The smallest absolute Gasteiger partial charge is 0.372 e. The van der Waals surface area contributed by atoms with Crippen LogP contribution in [0.2, 0.25) is 0 Å². The highest BCUT2D eigenvalue weighted by Gasteiger charge is 2.30. The fraction of sp³-hybridized carbons (Fsp3) is 0.714. The standard InChI is InChI=1S/C14H22N4O3/c1-3-10-7-5-6-8-11(10)21-14-12(18(19)20)13(15-4-2)16-9-17-14/h9-11H,3-8H2,1-2H3,(H,15,16,17). The Hall–Kier alpha value is -1.92. The van der Waals surface area contributed by atoms with Crippen molar-refractivity contribution >= 4 is 11.5 Å². The van der Waals surface area contributed by atoms with Crippen LogP contribution in [0.25, 0.3) is 0 Å². The zero-order valence-electron chi connectivity index (χ0n) is 12.5. The van der Waals surface area contributed by atoms with Gasteiger partial charge in [0.2, 0.25) is 5.82 Å². The van der Waals surface area contributed by atoms with Gasteiger partial charge in [0.05, 0.1) is 4.92 Å². The van der Waals surface area contributed by atoms with Crippen molar-refractivity contribution in [2.24, 2.45) is 5.92 Å². The van der Waals surface area contributed by atoms with E-state index in [1.165, 1.54) is 12.7 Å². The second-order valence-corrected chi connectivity index (χ2v) is 5.27. The molecule has 1 aliphatic carbocycles. The van der Waals surface area contributed by atoms with E-state index in [4.69, 9.17) is 4.74 Å². The summed E-state index contributed by atoms with van der Waals surface area (Å²) in [5.74, 6) is 0.739. The van der Waals surface area contributed by atoms with Crippen LogP contribution in [0.15, 0.2) is 6.33 Å². The highest BCUT2D eigenvalue weighted by Crippen LogP contribution is 2.35. The molecule has 0 saturated heterocycles. The molecule has 1 N–H and O–H groups in total. The summed E-state index contributed by atoms with van der Waals surface area (Å²) in [7, 11) is 0. The first-order valence-electron chi connectivity index (χ1n) is 7.57. The van der Waals surface area contributed by atoms with Gasteiger partial charge in [0.15, 0.2) is 0 Å². The third-order valence-electron chi connectivity index (χ3n) is 3.94. The number of ether oxygens (including phenoxy) is 1. The minimum Gasteiger partial charge on any atom is -0.469 e. The van der Waals surface area contributed by atoms with E-state index in [1.54, 1.807) is 0 Å². The van der Waals surface area contributed by atoms with Crippen molar-refractivity contribution in [1.29, 1.82) is 0 Å². The lowest BCUT2D eigenvalue weighted by molar-refractivity contribution is -0.385. The summed E-state index contributed by atoms with van der Waals surface area (Å²) in [5.41, 5.74) is -0.167. The van der Waals surface area contributed by atoms with Crippen LogP contribution in [0, 0.1) is 16.0 Å². The van der Waals surface area contributed by atoms with Crippen LogP contribution in [0.5, 0.6) is 5.88 Å². The third-order valence-corrected chi connectivity index (χ3v) is 3.94. The lowest BCUT2D eigenvalue weighted by Gasteiger charge is -2.30. The lowest BCUT2D eigenvalue weighted by atomic mass is 9.85. The molecule has 0 aromatic carbocycles. The van der Waals surface area contributed by atoms with E-state index in [1.807, 2.05) is 6.92 Å². The Morgan fingerprint density at radius 2 is 2.14 bits per heavy atom. The molecule has 1 fully saturated rings. The van der Waals surface area contributed by atoms with Crippen molar-refractivity contribution in [3.63, 3.8) is 0 Å². The molecule has 116 valence electrons. The molecule has 0 amide bonds. The van der Waals surface area contributed by atoms with Gasteiger partial charge in [-0.25, -0.2) is 4.98 Å². The van der Waals surface area contributed by atoms with Crippen LogP contribution in [-0.2, 0) is 0 Å². The Kier molecular flexibility index (Phi) is 5.30. The van der Waals surface area contributed by atoms with Gasteiger partial charge in [0.1, 0.15) is 12.4 Å². The van der Waals surface area contributed by atoms with E-state index < -0.39 is 4.92 Å². The Labute approximate surface area is 124 Å². The number of anilines is 1. The summed E-state index contributed by atoms with van der Waals surface area (Å²) >= 11 is 0. The van der Waals surface area contributed by atoms with Crippen molar-refractivity contribution in [1.82, 2.24) is 9.97 Å². The van der Waals surface area contributed by atoms with Crippen molar-refractivity contribution in [2.45, 2.75) is 52.1 Å². The topological polar surface area (TPSA) is 90.2 Å². The average Bonchev–Trinajstić information content (AvgIpc) is 2.48. The second-order valence-electron chi connectivity index (χ2n) is 5.27. The fourth-order valence-corrected chi connectivity index (χ4v) is 2.85. The second kappa shape index (κ2) is 7.19. The molecule has 0 spiro atoms. The predicted molar refractivity (Wildman–Crippen MR) is 79.5 cm³/mol. The van der Waals surface area contributed by atoms with Crippen LogP contribution in [0.1, 0.15) is 46.0 Å². The van der Waals surface area contributed by atoms with Gasteiger partial charge in [-0.05, 0) is 38.5 Å². The lowest BCUT2D eigenvalue weighted by Crippen LogP contribution is -2.30. The Morgan fingerprint density at radius 3 is 2.81 bits per heavy atom. The fourth-order valence-electron chi connectivity index (χ4n) is 2.85. The molecule has 21 heavy (non-hydrogen) atoms. The summed E-state index contributed by atoms with van der Waals surface area (Å²) < 4.78 is 5.91. The van der Waals surface area contributed by atoms with E-state index in [-0.39, 0.29) is 23.5 Å². The maximum absolute atomic E-state index is 11.3. The molecule has 1 saturated carbocycles. The average molecular weight is 294 g/mol. The number of nitrogens with one attached hydrogen (secondary N) is 1. The first-order chi connectivity index (χ1) is 10.2. The first kappa shape index (κ1) is 15.5. The molecule has 1 heterocycles. The molecule has 0 radical (unpaired) electrons. The van der Waals surface area contributed by atoms with E-state index >= 15 is 0 Å². The molecule has 1 aliphatic rings. The van der Waals surface area contributed by atoms with Gasteiger partial charge in [0, 0.05) is 6.54 Å². The van der Waals surface area contributed by atoms with Gasteiger partial charge in [0.25, 0.3) is 5.88 Å². The summed E-state index contributed by atoms with van der Waals surface area (Å²) in [6.45, 7) is 4.55. The van der Waals surface area contributed by atoms with E-state index in [0.29, 0.717) is 12.5 Å². The number of nitrogens with zero attached hydrogens (tertiary/aromatic N) is 3. The van der Waals surface area contributed by atoms with E-state index in [9.17, 15) is 10.1 Å². The molecule has 7 nitrogen and oxygen atoms in total. The zero-order valence-corrected chi connectivity index (χ0v) is 12.5. The van der Waals surface area contributed by atoms with Crippen LogP contribution >= 0.6 is 0 Å². The van der Waals surface area contributed by atoms with Crippen molar-refractivity contribution in [3.05, 3.63) is 16.4 Å². The largest absolute Gasteiger partial charge is 0.469 e. The predicted octanol–water partition coefficient (Wildman–Crippen LogP) is 3.16. The molecule has 2 atom stereocenters. The normalized spacial score (nSPS) is 21.8. The number of aromatic nitrogens is 2. The van der Waals surface area contributed by atoms with Gasteiger partial charge in [-0.2, -0.15) is 4.98 Å². The highest BCUT2D eigenvalue weighted by molar-refractivity contribution is 5.61. The number of nitro groups is 1. The Bertz CT molecular complexity index is 495. The number of rotatable bonds is 6.